The topological polar surface area (TPSA) is 51.0 Å². The second kappa shape index (κ2) is 4.67. The van der Waals surface area contributed by atoms with Gasteiger partial charge in [-0.1, -0.05) is 18.2 Å². The highest BCUT2D eigenvalue weighted by molar-refractivity contribution is 5.51. The highest BCUT2D eigenvalue weighted by atomic mass is 16.4. The number of nitrogens with zero attached hydrogens (tertiary/aromatic N) is 2. The van der Waals surface area contributed by atoms with Crippen LogP contribution in [-0.2, 0) is 0 Å². The first-order valence-corrected chi connectivity index (χ1v) is 6.03. The fourth-order valence-electron chi connectivity index (χ4n) is 2.16. The highest BCUT2D eigenvalue weighted by Crippen LogP contribution is 2.25. The van der Waals surface area contributed by atoms with Gasteiger partial charge in [0.2, 0.25) is 11.8 Å². The maximum Gasteiger partial charge on any atom is 0.247 e. The smallest absolute Gasteiger partial charge is 0.247 e. The van der Waals surface area contributed by atoms with Gasteiger partial charge in [0, 0.05) is 18.0 Å². The molecule has 4 heteroatoms. The van der Waals surface area contributed by atoms with E-state index in [-0.39, 0.29) is 0 Å². The highest BCUT2D eigenvalue weighted by Gasteiger charge is 2.21. The minimum Gasteiger partial charge on any atom is -0.420 e. The molecule has 3 rings (SSSR count). The lowest BCUT2D eigenvalue weighted by Crippen LogP contribution is -2.28. The Morgan fingerprint density at radius 3 is 2.82 bits per heavy atom. The quantitative estimate of drug-likeness (QED) is 0.857. The molecule has 2 aromatic rings. The molecule has 17 heavy (non-hydrogen) atoms. The molecule has 4 nitrogen and oxygen atoms in total. The Kier molecular flexibility index (Phi) is 2.88. The summed E-state index contributed by atoms with van der Waals surface area (Å²) in [6.45, 7) is 2.03. The largest absolute Gasteiger partial charge is 0.420 e. The molecule has 0 saturated carbocycles. The van der Waals surface area contributed by atoms with Gasteiger partial charge in [0.25, 0.3) is 0 Å². The summed E-state index contributed by atoms with van der Waals surface area (Å²) in [5, 5.41) is 11.6. The molecule has 0 spiro atoms. The minimum atomic E-state index is 0.369. The molecule has 1 unspecified atom stereocenters. The lowest BCUT2D eigenvalue weighted by molar-refractivity contribution is 0.380. The van der Waals surface area contributed by atoms with Crippen LogP contribution in [0.25, 0.3) is 11.5 Å². The van der Waals surface area contributed by atoms with Crippen molar-refractivity contribution >= 4 is 0 Å². The summed E-state index contributed by atoms with van der Waals surface area (Å²) in [7, 11) is 0. The number of nitrogens with one attached hydrogen (secondary N) is 1. The van der Waals surface area contributed by atoms with Crippen LogP contribution >= 0.6 is 0 Å². The lowest BCUT2D eigenvalue weighted by atomic mass is 10.00. The van der Waals surface area contributed by atoms with Crippen molar-refractivity contribution in [1.29, 1.82) is 0 Å². The minimum absolute atomic E-state index is 0.369. The van der Waals surface area contributed by atoms with E-state index in [9.17, 15) is 0 Å². The molecule has 88 valence electrons. The van der Waals surface area contributed by atoms with Crippen molar-refractivity contribution in [2.75, 3.05) is 13.1 Å². The van der Waals surface area contributed by atoms with Crippen molar-refractivity contribution in [1.82, 2.24) is 15.5 Å². The summed E-state index contributed by atoms with van der Waals surface area (Å²) in [4.78, 5) is 0. The summed E-state index contributed by atoms with van der Waals surface area (Å²) < 4.78 is 5.75. The molecular formula is C13H15N3O. The number of hydrogen-bond donors (Lipinski definition) is 1. The summed E-state index contributed by atoms with van der Waals surface area (Å²) >= 11 is 0. The fraction of sp³-hybridized carbons (Fsp3) is 0.385. The van der Waals surface area contributed by atoms with Gasteiger partial charge in [-0.05, 0) is 31.5 Å². The summed E-state index contributed by atoms with van der Waals surface area (Å²) in [6, 6.07) is 9.89. The third-order valence-corrected chi connectivity index (χ3v) is 3.11. The summed E-state index contributed by atoms with van der Waals surface area (Å²) in [6.07, 6.45) is 2.30. The monoisotopic (exact) mass is 229 g/mol. The fourth-order valence-corrected chi connectivity index (χ4v) is 2.16. The molecule has 1 aromatic carbocycles. The summed E-state index contributed by atoms with van der Waals surface area (Å²) in [5.74, 6) is 1.75. The molecule has 1 aliphatic heterocycles. The number of aromatic nitrogens is 2. The van der Waals surface area contributed by atoms with Crippen molar-refractivity contribution in [2.45, 2.75) is 18.8 Å². The predicted molar refractivity (Wildman–Crippen MR) is 64.6 cm³/mol. The van der Waals surface area contributed by atoms with Crippen LogP contribution < -0.4 is 5.32 Å². The maximum absolute atomic E-state index is 5.75. The average molecular weight is 229 g/mol. The molecule has 1 N–H and O–H groups in total. The van der Waals surface area contributed by atoms with Gasteiger partial charge >= 0.3 is 0 Å². The number of piperidine rings is 1. The number of rotatable bonds is 2. The van der Waals surface area contributed by atoms with E-state index < -0.39 is 0 Å². The van der Waals surface area contributed by atoms with E-state index >= 15 is 0 Å². The molecule has 0 amide bonds. The molecule has 1 saturated heterocycles. The normalized spacial score (nSPS) is 20.4. The number of benzene rings is 1. The van der Waals surface area contributed by atoms with Crippen molar-refractivity contribution in [3.05, 3.63) is 36.2 Å². The van der Waals surface area contributed by atoms with E-state index in [1.807, 2.05) is 30.3 Å². The lowest BCUT2D eigenvalue weighted by Gasteiger charge is -2.18. The Morgan fingerprint density at radius 1 is 1.18 bits per heavy atom. The zero-order valence-corrected chi connectivity index (χ0v) is 9.60. The van der Waals surface area contributed by atoms with E-state index in [2.05, 4.69) is 15.5 Å². The van der Waals surface area contributed by atoms with Gasteiger partial charge in [-0.3, -0.25) is 0 Å². The van der Waals surface area contributed by atoms with Gasteiger partial charge in [-0.2, -0.15) is 0 Å². The SMILES string of the molecule is c1ccc(-c2nnc(C3CCCNC3)o2)cc1. The van der Waals surface area contributed by atoms with Gasteiger partial charge in [-0.25, -0.2) is 0 Å². The molecule has 1 aliphatic rings. The van der Waals surface area contributed by atoms with E-state index in [0.29, 0.717) is 11.8 Å². The third kappa shape index (κ3) is 2.22. The van der Waals surface area contributed by atoms with Crippen LogP contribution in [0.4, 0.5) is 0 Å². The van der Waals surface area contributed by atoms with E-state index in [0.717, 1.165) is 31.0 Å². The van der Waals surface area contributed by atoms with Gasteiger partial charge in [0.1, 0.15) is 0 Å². The Bertz CT molecular complexity index is 474. The van der Waals surface area contributed by atoms with Crippen LogP contribution in [0.3, 0.4) is 0 Å². The van der Waals surface area contributed by atoms with Gasteiger partial charge in [0.05, 0.1) is 0 Å². The van der Waals surface area contributed by atoms with Crippen LogP contribution in [0, 0.1) is 0 Å². The van der Waals surface area contributed by atoms with E-state index in [1.54, 1.807) is 0 Å². The molecule has 0 radical (unpaired) electrons. The van der Waals surface area contributed by atoms with Crippen LogP contribution in [0.1, 0.15) is 24.7 Å². The first-order chi connectivity index (χ1) is 8.43. The molecular weight excluding hydrogens is 214 g/mol. The van der Waals surface area contributed by atoms with Crippen molar-refractivity contribution in [2.24, 2.45) is 0 Å². The van der Waals surface area contributed by atoms with Crippen LogP contribution in [0.5, 0.6) is 0 Å². The molecule has 1 atom stereocenters. The van der Waals surface area contributed by atoms with Crippen molar-refractivity contribution in [3.63, 3.8) is 0 Å². The first-order valence-electron chi connectivity index (χ1n) is 6.03. The Morgan fingerprint density at radius 2 is 2.06 bits per heavy atom. The second-order valence-electron chi connectivity index (χ2n) is 4.35. The second-order valence-corrected chi connectivity index (χ2v) is 4.35. The third-order valence-electron chi connectivity index (χ3n) is 3.11. The Hall–Kier alpha value is -1.68. The van der Waals surface area contributed by atoms with Crippen LogP contribution in [0.2, 0.25) is 0 Å². The van der Waals surface area contributed by atoms with Gasteiger partial charge in [-0.15, -0.1) is 10.2 Å². The average Bonchev–Trinajstić information content (AvgIpc) is 2.90. The van der Waals surface area contributed by atoms with Gasteiger partial charge in [0.15, 0.2) is 0 Å². The van der Waals surface area contributed by atoms with Crippen LogP contribution in [-0.4, -0.2) is 23.3 Å². The molecule has 1 aromatic heterocycles. The predicted octanol–water partition coefficient (Wildman–Crippen LogP) is 2.20. The summed E-state index contributed by atoms with van der Waals surface area (Å²) in [5.41, 5.74) is 0.981. The van der Waals surface area contributed by atoms with E-state index in [4.69, 9.17) is 4.42 Å². The molecule has 1 fully saturated rings. The number of hydrogen-bond acceptors (Lipinski definition) is 4. The van der Waals surface area contributed by atoms with Crippen molar-refractivity contribution in [3.8, 4) is 11.5 Å². The van der Waals surface area contributed by atoms with Crippen LogP contribution in [0.15, 0.2) is 34.7 Å². The zero-order valence-electron chi connectivity index (χ0n) is 9.60. The van der Waals surface area contributed by atoms with Crippen molar-refractivity contribution < 1.29 is 4.42 Å². The Labute approximate surface area is 100 Å². The molecule has 0 bridgehead atoms. The van der Waals surface area contributed by atoms with E-state index in [1.165, 1.54) is 6.42 Å². The first kappa shape index (κ1) is 10.5. The van der Waals surface area contributed by atoms with Gasteiger partial charge < -0.3 is 9.73 Å². The molecule has 0 aliphatic carbocycles. The standard InChI is InChI=1S/C13H15N3O/c1-2-5-10(6-3-1)12-15-16-13(17-12)11-7-4-8-14-9-11/h1-3,5-6,11,14H,4,7-9H2. The zero-order chi connectivity index (χ0) is 11.5. The Balaban J connectivity index is 1.83. The maximum atomic E-state index is 5.75. The molecule has 2 heterocycles.